The minimum Gasteiger partial charge on any atom is -0.484 e. The molecule has 0 bridgehead atoms. The zero-order chi connectivity index (χ0) is 18.4. The van der Waals surface area contributed by atoms with E-state index in [9.17, 15) is 4.79 Å². The molecular formula is C20H21N3O3. The molecule has 1 atom stereocenters. The Bertz CT molecular complexity index is 844. The van der Waals surface area contributed by atoms with Crippen molar-refractivity contribution in [3.63, 3.8) is 0 Å². The number of aromatic nitrogens is 2. The van der Waals surface area contributed by atoms with Crippen LogP contribution in [0.3, 0.4) is 0 Å². The molecule has 0 aliphatic carbocycles. The van der Waals surface area contributed by atoms with Crippen molar-refractivity contribution < 1.29 is 14.1 Å². The Morgan fingerprint density at radius 2 is 1.85 bits per heavy atom. The van der Waals surface area contributed by atoms with E-state index in [2.05, 4.69) is 15.5 Å². The fourth-order valence-electron chi connectivity index (χ4n) is 2.31. The second kappa shape index (κ2) is 8.29. The van der Waals surface area contributed by atoms with Crippen molar-refractivity contribution in [3.8, 4) is 28.6 Å². The van der Waals surface area contributed by atoms with E-state index in [1.54, 1.807) is 12.1 Å². The number of carbonyl (C=O) groups is 1. The molecule has 26 heavy (non-hydrogen) atoms. The highest BCUT2D eigenvalue weighted by Gasteiger charge is 2.11. The van der Waals surface area contributed by atoms with Crippen LogP contribution in [0.25, 0.3) is 22.8 Å². The number of rotatable bonds is 7. The van der Waals surface area contributed by atoms with Gasteiger partial charge in [0, 0.05) is 17.2 Å². The maximum Gasteiger partial charge on any atom is 0.258 e. The van der Waals surface area contributed by atoms with Crippen molar-refractivity contribution in [2.45, 2.75) is 26.3 Å². The van der Waals surface area contributed by atoms with Gasteiger partial charge in [-0.3, -0.25) is 4.79 Å². The second-order valence-electron chi connectivity index (χ2n) is 5.98. The molecule has 2 aromatic carbocycles. The third-order valence-corrected chi connectivity index (χ3v) is 3.95. The summed E-state index contributed by atoms with van der Waals surface area (Å²) < 4.78 is 10.8. The molecule has 0 saturated carbocycles. The fraction of sp³-hybridized carbons (Fsp3) is 0.250. The lowest BCUT2D eigenvalue weighted by Gasteiger charge is -2.12. The Morgan fingerprint density at radius 1 is 1.12 bits per heavy atom. The van der Waals surface area contributed by atoms with Gasteiger partial charge in [-0.15, -0.1) is 0 Å². The Morgan fingerprint density at radius 3 is 2.54 bits per heavy atom. The number of carbonyl (C=O) groups excluding carboxylic acids is 1. The van der Waals surface area contributed by atoms with Crippen LogP contribution < -0.4 is 10.1 Å². The summed E-state index contributed by atoms with van der Waals surface area (Å²) in [5.74, 6) is 1.45. The Kier molecular flexibility index (Phi) is 5.63. The first-order valence-electron chi connectivity index (χ1n) is 8.57. The zero-order valence-corrected chi connectivity index (χ0v) is 14.8. The molecule has 1 heterocycles. The van der Waals surface area contributed by atoms with E-state index in [0.29, 0.717) is 17.5 Å². The van der Waals surface area contributed by atoms with Crippen LogP contribution >= 0.6 is 0 Å². The van der Waals surface area contributed by atoms with Gasteiger partial charge < -0.3 is 14.6 Å². The lowest BCUT2D eigenvalue weighted by molar-refractivity contribution is -0.123. The van der Waals surface area contributed by atoms with Gasteiger partial charge in [-0.05, 0) is 37.6 Å². The molecule has 3 rings (SSSR count). The van der Waals surface area contributed by atoms with Crippen LogP contribution in [0.15, 0.2) is 59.1 Å². The third kappa shape index (κ3) is 4.47. The molecule has 134 valence electrons. The molecule has 6 nitrogen and oxygen atoms in total. The van der Waals surface area contributed by atoms with Crippen LogP contribution in [0, 0.1) is 0 Å². The van der Waals surface area contributed by atoms with Crippen molar-refractivity contribution >= 4 is 5.91 Å². The summed E-state index contributed by atoms with van der Waals surface area (Å²) in [7, 11) is 0. The highest BCUT2D eigenvalue weighted by atomic mass is 16.5. The molecule has 0 aliphatic heterocycles. The van der Waals surface area contributed by atoms with E-state index in [-0.39, 0.29) is 18.6 Å². The minimum absolute atomic E-state index is 0.0115. The first-order valence-corrected chi connectivity index (χ1v) is 8.57. The van der Waals surface area contributed by atoms with E-state index in [1.165, 1.54) is 0 Å². The fourth-order valence-corrected chi connectivity index (χ4v) is 2.31. The standard InChI is InChI=1S/C20H21N3O3/c1-3-14(2)21-18(24)13-25-17-11-9-16(10-12-17)20-22-19(23-26-20)15-7-5-4-6-8-15/h4-12,14H,3,13H2,1-2H3,(H,21,24)/t14-/m0/s1. The van der Waals surface area contributed by atoms with Gasteiger partial charge in [0.05, 0.1) is 0 Å². The van der Waals surface area contributed by atoms with Gasteiger partial charge in [0.25, 0.3) is 11.8 Å². The van der Waals surface area contributed by atoms with Crippen LogP contribution in [0.4, 0.5) is 0 Å². The lowest BCUT2D eigenvalue weighted by atomic mass is 10.2. The van der Waals surface area contributed by atoms with Crippen LogP contribution in [-0.4, -0.2) is 28.7 Å². The SMILES string of the molecule is CC[C@H](C)NC(=O)COc1ccc(-c2nc(-c3ccccc3)no2)cc1. The van der Waals surface area contributed by atoms with Gasteiger partial charge in [0.1, 0.15) is 5.75 Å². The van der Waals surface area contributed by atoms with Crippen LogP contribution in [0.5, 0.6) is 5.75 Å². The summed E-state index contributed by atoms with van der Waals surface area (Å²) >= 11 is 0. The largest absolute Gasteiger partial charge is 0.484 e. The normalized spacial score (nSPS) is 11.8. The molecule has 1 amide bonds. The highest BCUT2D eigenvalue weighted by molar-refractivity contribution is 5.77. The molecule has 1 aromatic heterocycles. The van der Waals surface area contributed by atoms with E-state index in [1.807, 2.05) is 56.3 Å². The first kappa shape index (κ1) is 17.7. The predicted molar refractivity (Wildman–Crippen MR) is 98.6 cm³/mol. The van der Waals surface area contributed by atoms with Gasteiger partial charge in [0.15, 0.2) is 6.61 Å². The van der Waals surface area contributed by atoms with Crippen molar-refractivity contribution in [1.29, 1.82) is 0 Å². The average Bonchev–Trinajstić information content (AvgIpc) is 3.17. The molecule has 6 heteroatoms. The number of ether oxygens (including phenoxy) is 1. The number of hydrogen-bond acceptors (Lipinski definition) is 5. The Hall–Kier alpha value is -3.15. The second-order valence-corrected chi connectivity index (χ2v) is 5.98. The number of nitrogens with zero attached hydrogens (tertiary/aromatic N) is 2. The molecular weight excluding hydrogens is 330 g/mol. The summed E-state index contributed by atoms with van der Waals surface area (Å²) in [4.78, 5) is 16.2. The third-order valence-electron chi connectivity index (χ3n) is 3.95. The Balaban J connectivity index is 1.61. The molecule has 0 radical (unpaired) electrons. The summed E-state index contributed by atoms with van der Waals surface area (Å²) in [6, 6.07) is 17.0. The van der Waals surface area contributed by atoms with Gasteiger partial charge >= 0.3 is 0 Å². The zero-order valence-electron chi connectivity index (χ0n) is 14.8. The summed E-state index contributed by atoms with van der Waals surface area (Å²) in [5, 5.41) is 6.87. The highest BCUT2D eigenvalue weighted by Crippen LogP contribution is 2.24. The van der Waals surface area contributed by atoms with Crippen LogP contribution in [0.1, 0.15) is 20.3 Å². The van der Waals surface area contributed by atoms with Crippen molar-refractivity contribution in [2.24, 2.45) is 0 Å². The number of benzene rings is 2. The van der Waals surface area contributed by atoms with Crippen molar-refractivity contribution in [3.05, 3.63) is 54.6 Å². The van der Waals surface area contributed by atoms with Gasteiger partial charge in [0.2, 0.25) is 5.82 Å². The smallest absolute Gasteiger partial charge is 0.258 e. The molecule has 1 N–H and O–H groups in total. The van der Waals surface area contributed by atoms with E-state index in [4.69, 9.17) is 9.26 Å². The van der Waals surface area contributed by atoms with Gasteiger partial charge in [-0.1, -0.05) is 42.4 Å². The lowest BCUT2D eigenvalue weighted by Crippen LogP contribution is -2.35. The molecule has 0 saturated heterocycles. The van der Waals surface area contributed by atoms with E-state index in [0.717, 1.165) is 17.5 Å². The monoisotopic (exact) mass is 351 g/mol. The molecule has 0 fully saturated rings. The van der Waals surface area contributed by atoms with Gasteiger partial charge in [-0.25, -0.2) is 0 Å². The predicted octanol–water partition coefficient (Wildman–Crippen LogP) is 3.70. The minimum atomic E-state index is -0.132. The summed E-state index contributed by atoms with van der Waals surface area (Å²) in [5.41, 5.74) is 1.69. The van der Waals surface area contributed by atoms with Crippen LogP contribution in [0.2, 0.25) is 0 Å². The molecule has 0 spiro atoms. The quantitative estimate of drug-likeness (QED) is 0.702. The maximum absolute atomic E-state index is 11.7. The summed E-state index contributed by atoms with van der Waals surface area (Å²) in [6.45, 7) is 3.97. The summed E-state index contributed by atoms with van der Waals surface area (Å²) in [6.07, 6.45) is 0.885. The van der Waals surface area contributed by atoms with E-state index >= 15 is 0 Å². The molecule has 3 aromatic rings. The number of amides is 1. The van der Waals surface area contributed by atoms with Crippen molar-refractivity contribution in [1.82, 2.24) is 15.5 Å². The first-order chi connectivity index (χ1) is 12.7. The molecule has 0 aliphatic rings. The van der Waals surface area contributed by atoms with Crippen LogP contribution in [-0.2, 0) is 4.79 Å². The van der Waals surface area contributed by atoms with Crippen molar-refractivity contribution in [2.75, 3.05) is 6.61 Å². The maximum atomic E-state index is 11.7. The Labute approximate surface area is 152 Å². The van der Waals surface area contributed by atoms with Gasteiger partial charge in [-0.2, -0.15) is 4.98 Å². The number of nitrogens with one attached hydrogen (secondary N) is 1. The van der Waals surface area contributed by atoms with E-state index < -0.39 is 0 Å². The number of hydrogen-bond donors (Lipinski definition) is 1. The molecule has 0 unspecified atom stereocenters. The average molecular weight is 351 g/mol. The topological polar surface area (TPSA) is 77.2 Å².